The summed E-state index contributed by atoms with van der Waals surface area (Å²) in [5.74, 6) is -0.332. The maximum absolute atomic E-state index is 12.8. The topological polar surface area (TPSA) is 88.9 Å². The summed E-state index contributed by atoms with van der Waals surface area (Å²) < 4.78 is 37.4. The summed E-state index contributed by atoms with van der Waals surface area (Å²) in [7, 11) is -3.78. The molecule has 0 spiro atoms. The molecule has 8 heteroatoms. The highest BCUT2D eigenvalue weighted by atomic mass is 32.2. The number of hydrogen-bond donors (Lipinski definition) is 1. The van der Waals surface area contributed by atoms with Crippen LogP contribution in [0.25, 0.3) is 0 Å². The van der Waals surface area contributed by atoms with E-state index < -0.39 is 15.9 Å². The Kier molecular flexibility index (Phi) is 6.93. The van der Waals surface area contributed by atoms with Crippen molar-refractivity contribution in [3.63, 3.8) is 0 Å². The lowest BCUT2D eigenvalue weighted by molar-refractivity contribution is 0.0722. The third kappa shape index (κ3) is 5.37. The van der Waals surface area contributed by atoms with E-state index in [2.05, 4.69) is 38.2 Å². The summed E-state index contributed by atoms with van der Waals surface area (Å²) in [5, 5.41) is 2.76. The van der Waals surface area contributed by atoms with Gasteiger partial charge in [0.05, 0.1) is 19.3 Å². The first-order valence-electron chi connectivity index (χ1n) is 10.6. The number of nitrogens with zero attached hydrogens (tertiary/aromatic N) is 1. The highest BCUT2D eigenvalue weighted by Gasteiger charge is 2.30. The number of rotatable bonds is 6. The van der Waals surface area contributed by atoms with Gasteiger partial charge in [-0.05, 0) is 34.6 Å². The number of furan rings is 1. The molecule has 0 saturated carbocycles. The second-order valence-electron chi connectivity index (χ2n) is 9.20. The summed E-state index contributed by atoms with van der Waals surface area (Å²) in [6.07, 6.45) is 0. The van der Waals surface area contributed by atoms with Crippen molar-refractivity contribution in [2.24, 2.45) is 5.92 Å². The molecule has 1 fully saturated rings. The van der Waals surface area contributed by atoms with Crippen LogP contribution in [0.4, 0.5) is 0 Å². The molecule has 0 aliphatic carbocycles. The lowest BCUT2D eigenvalue weighted by atomic mass is 9.85. The smallest absolute Gasteiger partial charge is 0.287 e. The molecule has 3 rings (SSSR count). The molecule has 0 bridgehead atoms. The third-order valence-corrected chi connectivity index (χ3v) is 7.23. The van der Waals surface area contributed by atoms with Crippen molar-refractivity contribution in [1.29, 1.82) is 0 Å². The van der Waals surface area contributed by atoms with Crippen LogP contribution in [0.5, 0.6) is 0 Å². The predicted molar refractivity (Wildman–Crippen MR) is 118 cm³/mol. The Labute approximate surface area is 184 Å². The highest BCUT2D eigenvalue weighted by Crippen LogP contribution is 2.27. The molecule has 0 radical (unpaired) electrons. The molecule has 1 N–H and O–H groups in total. The van der Waals surface area contributed by atoms with Crippen LogP contribution < -0.4 is 5.32 Å². The standard InChI is InChI=1S/C23H32N2O5S/c1-16(2)21(17-6-8-18(9-7-17)23(3,4)5)24-22(26)19-10-11-20(30-19)31(27,28)25-12-14-29-15-13-25/h6-11,16,21H,12-15H2,1-5H3,(H,24,26). The monoisotopic (exact) mass is 448 g/mol. The van der Waals surface area contributed by atoms with Crippen LogP contribution in [-0.4, -0.2) is 44.9 Å². The summed E-state index contributed by atoms with van der Waals surface area (Å²) >= 11 is 0. The Balaban J connectivity index is 1.76. The van der Waals surface area contributed by atoms with Crippen LogP contribution in [-0.2, 0) is 20.2 Å². The number of amides is 1. The summed E-state index contributed by atoms with van der Waals surface area (Å²) in [6.45, 7) is 11.7. The van der Waals surface area contributed by atoms with E-state index in [-0.39, 0.29) is 41.3 Å². The van der Waals surface area contributed by atoms with Gasteiger partial charge in [0.15, 0.2) is 5.76 Å². The molecule has 7 nitrogen and oxygen atoms in total. The predicted octanol–water partition coefficient (Wildman–Crippen LogP) is 3.73. The van der Waals surface area contributed by atoms with Crippen molar-refractivity contribution in [1.82, 2.24) is 9.62 Å². The van der Waals surface area contributed by atoms with E-state index in [9.17, 15) is 13.2 Å². The van der Waals surface area contributed by atoms with Gasteiger partial charge in [-0.3, -0.25) is 4.79 Å². The Morgan fingerprint density at radius 1 is 1.03 bits per heavy atom. The number of morpholine rings is 1. The van der Waals surface area contributed by atoms with Gasteiger partial charge in [0.2, 0.25) is 5.09 Å². The second kappa shape index (κ2) is 9.14. The zero-order valence-corrected chi connectivity index (χ0v) is 19.7. The van der Waals surface area contributed by atoms with Crippen molar-refractivity contribution in [3.05, 3.63) is 53.3 Å². The zero-order chi connectivity index (χ0) is 22.8. The summed E-state index contributed by atoms with van der Waals surface area (Å²) in [5.41, 5.74) is 2.25. The molecule has 1 atom stereocenters. The van der Waals surface area contributed by atoms with E-state index in [1.54, 1.807) is 0 Å². The zero-order valence-electron chi connectivity index (χ0n) is 18.8. The Bertz CT molecular complexity index is 997. The van der Waals surface area contributed by atoms with Crippen LogP contribution >= 0.6 is 0 Å². The fourth-order valence-corrected chi connectivity index (χ4v) is 4.85. The van der Waals surface area contributed by atoms with Crippen molar-refractivity contribution < 1.29 is 22.4 Å². The number of nitrogens with one attached hydrogen (secondary N) is 1. The second-order valence-corrected chi connectivity index (χ2v) is 11.1. The molecule has 1 aromatic carbocycles. The van der Waals surface area contributed by atoms with Crippen molar-refractivity contribution in [2.45, 2.75) is 51.2 Å². The van der Waals surface area contributed by atoms with Crippen molar-refractivity contribution in [2.75, 3.05) is 26.3 Å². The van der Waals surface area contributed by atoms with Crippen LogP contribution in [0.15, 0.2) is 45.9 Å². The van der Waals surface area contributed by atoms with Gasteiger partial charge >= 0.3 is 0 Å². The molecule has 1 unspecified atom stereocenters. The van der Waals surface area contributed by atoms with E-state index in [0.717, 1.165) is 5.56 Å². The Morgan fingerprint density at radius 3 is 2.19 bits per heavy atom. The van der Waals surface area contributed by atoms with Crippen molar-refractivity contribution >= 4 is 15.9 Å². The largest absolute Gasteiger partial charge is 0.438 e. The normalized spacial score (nSPS) is 17.0. The van der Waals surface area contributed by atoms with Crippen molar-refractivity contribution in [3.8, 4) is 0 Å². The van der Waals surface area contributed by atoms with Crippen LogP contribution in [0, 0.1) is 5.92 Å². The molecule has 2 aromatic rings. The van der Waals surface area contributed by atoms with E-state index >= 15 is 0 Å². The quantitative estimate of drug-likeness (QED) is 0.727. The average Bonchev–Trinajstić information content (AvgIpc) is 3.23. The minimum Gasteiger partial charge on any atom is -0.438 e. The van der Waals surface area contributed by atoms with Gasteiger partial charge in [-0.2, -0.15) is 4.31 Å². The molecule has 1 aliphatic rings. The molecule has 2 heterocycles. The molecule has 31 heavy (non-hydrogen) atoms. The SMILES string of the molecule is CC(C)C(NC(=O)c1ccc(S(=O)(=O)N2CCOCC2)o1)c1ccc(C(C)(C)C)cc1. The van der Waals surface area contributed by atoms with Gasteiger partial charge in [0, 0.05) is 13.1 Å². The first kappa shape index (κ1) is 23.5. The van der Waals surface area contributed by atoms with E-state index in [4.69, 9.17) is 9.15 Å². The van der Waals surface area contributed by atoms with E-state index in [1.807, 2.05) is 26.0 Å². The number of benzene rings is 1. The lowest BCUT2D eigenvalue weighted by Crippen LogP contribution is -2.40. The maximum atomic E-state index is 12.8. The molecule has 1 aliphatic heterocycles. The molecule has 170 valence electrons. The average molecular weight is 449 g/mol. The maximum Gasteiger partial charge on any atom is 0.287 e. The molecule has 1 saturated heterocycles. The third-order valence-electron chi connectivity index (χ3n) is 5.46. The first-order chi connectivity index (χ1) is 14.5. The molecule has 1 aromatic heterocycles. The van der Waals surface area contributed by atoms with Crippen LogP contribution in [0.2, 0.25) is 0 Å². The van der Waals surface area contributed by atoms with Gasteiger partial charge in [0.25, 0.3) is 15.9 Å². The number of carbonyl (C=O) groups is 1. The fraction of sp³-hybridized carbons (Fsp3) is 0.522. The number of sulfonamides is 1. The summed E-state index contributed by atoms with van der Waals surface area (Å²) in [6, 6.07) is 10.7. The highest BCUT2D eigenvalue weighted by molar-refractivity contribution is 7.89. The van der Waals surface area contributed by atoms with Crippen LogP contribution in [0.1, 0.15) is 62.3 Å². The molecular weight excluding hydrogens is 416 g/mol. The van der Waals surface area contributed by atoms with Crippen LogP contribution in [0.3, 0.4) is 0 Å². The number of hydrogen-bond acceptors (Lipinski definition) is 5. The minimum atomic E-state index is -3.78. The van der Waals surface area contributed by atoms with E-state index in [1.165, 1.54) is 22.0 Å². The van der Waals surface area contributed by atoms with Gasteiger partial charge in [-0.25, -0.2) is 8.42 Å². The van der Waals surface area contributed by atoms with Gasteiger partial charge in [-0.15, -0.1) is 0 Å². The number of ether oxygens (including phenoxy) is 1. The lowest BCUT2D eigenvalue weighted by Gasteiger charge is -2.25. The Hall–Kier alpha value is -2.16. The molecular formula is C23H32N2O5S. The van der Waals surface area contributed by atoms with Gasteiger partial charge in [-0.1, -0.05) is 58.9 Å². The van der Waals surface area contributed by atoms with E-state index in [0.29, 0.717) is 13.2 Å². The van der Waals surface area contributed by atoms with Gasteiger partial charge in [0.1, 0.15) is 0 Å². The Morgan fingerprint density at radius 2 is 1.65 bits per heavy atom. The molecule has 1 amide bonds. The summed E-state index contributed by atoms with van der Waals surface area (Å²) in [4.78, 5) is 12.8. The van der Waals surface area contributed by atoms with Gasteiger partial charge < -0.3 is 14.5 Å². The number of carbonyl (C=O) groups excluding carboxylic acids is 1. The first-order valence-corrected chi connectivity index (χ1v) is 12.0. The minimum absolute atomic E-state index is 0.0243. The fourth-order valence-electron chi connectivity index (χ4n) is 3.53.